The van der Waals surface area contributed by atoms with Crippen LogP contribution in [-0.2, 0) is 10.0 Å². The third-order valence-corrected chi connectivity index (χ3v) is 6.32. The Bertz CT molecular complexity index is 1300. The minimum absolute atomic E-state index is 0.206. The molecule has 0 fully saturated rings. The first-order valence-electron chi connectivity index (χ1n) is 9.86. The van der Waals surface area contributed by atoms with Gasteiger partial charge < -0.3 is 10.6 Å². The molecular formula is C23H21ClFN3O4S. The lowest BCUT2D eigenvalue weighted by Crippen LogP contribution is -2.30. The van der Waals surface area contributed by atoms with Crippen molar-refractivity contribution in [2.75, 3.05) is 10.6 Å². The van der Waals surface area contributed by atoms with Crippen LogP contribution in [0.15, 0.2) is 71.6 Å². The smallest absolute Gasteiger partial charge is 0.258 e. The maximum atomic E-state index is 14.4. The Kier molecular flexibility index (Phi) is 7.47. The summed E-state index contributed by atoms with van der Waals surface area (Å²) in [5, 5.41) is 5.68. The average Bonchev–Trinajstić information content (AvgIpc) is 2.74. The number of carbonyl (C=O) groups excluding carboxylic acids is 2. The summed E-state index contributed by atoms with van der Waals surface area (Å²) in [6.45, 7) is 3.29. The molecule has 0 unspecified atom stereocenters. The standard InChI is InChI=1S/C23H21ClFN3O4S/c1-14(2)28-33(31,32)17-11-12-19(25)18(13-17)23(30)27-21-6-4-3-5-20(21)26-22(29)15-7-9-16(24)10-8-15/h3-14,28H,1-2H3,(H,26,29)(H,27,30). The van der Waals surface area contributed by atoms with Gasteiger partial charge in [0.15, 0.2) is 0 Å². The highest BCUT2D eigenvalue weighted by molar-refractivity contribution is 7.89. The van der Waals surface area contributed by atoms with Gasteiger partial charge in [-0.3, -0.25) is 9.59 Å². The highest BCUT2D eigenvalue weighted by atomic mass is 35.5. The van der Waals surface area contributed by atoms with Gasteiger partial charge in [-0.15, -0.1) is 0 Å². The number of hydrogen-bond acceptors (Lipinski definition) is 4. The number of amides is 2. The van der Waals surface area contributed by atoms with Crippen molar-refractivity contribution in [1.82, 2.24) is 4.72 Å². The van der Waals surface area contributed by atoms with E-state index in [1.807, 2.05) is 0 Å². The van der Waals surface area contributed by atoms with Gasteiger partial charge in [-0.1, -0.05) is 23.7 Å². The largest absolute Gasteiger partial charge is 0.320 e. The fraction of sp³-hybridized carbons (Fsp3) is 0.130. The van der Waals surface area contributed by atoms with Gasteiger partial charge >= 0.3 is 0 Å². The summed E-state index contributed by atoms with van der Waals surface area (Å²) < 4.78 is 41.6. The zero-order chi connectivity index (χ0) is 24.2. The molecule has 0 heterocycles. The summed E-state index contributed by atoms with van der Waals surface area (Å²) in [6.07, 6.45) is 0. The van der Waals surface area contributed by atoms with E-state index in [9.17, 15) is 22.4 Å². The van der Waals surface area contributed by atoms with Crippen molar-refractivity contribution >= 4 is 44.8 Å². The van der Waals surface area contributed by atoms with Crippen LogP contribution in [-0.4, -0.2) is 26.3 Å². The minimum Gasteiger partial charge on any atom is -0.320 e. The van der Waals surface area contributed by atoms with E-state index in [0.717, 1.165) is 18.2 Å². The lowest BCUT2D eigenvalue weighted by Gasteiger charge is -2.14. The molecule has 0 aromatic heterocycles. The van der Waals surface area contributed by atoms with Gasteiger partial charge in [0.1, 0.15) is 5.82 Å². The Balaban J connectivity index is 1.85. The third kappa shape index (κ3) is 6.16. The van der Waals surface area contributed by atoms with Crippen LogP contribution in [0.2, 0.25) is 5.02 Å². The van der Waals surface area contributed by atoms with Crippen molar-refractivity contribution in [3.05, 3.63) is 88.7 Å². The van der Waals surface area contributed by atoms with E-state index in [1.54, 1.807) is 56.3 Å². The van der Waals surface area contributed by atoms with E-state index in [-0.39, 0.29) is 22.3 Å². The van der Waals surface area contributed by atoms with Crippen LogP contribution in [0.1, 0.15) is 34.6 Å². The molecule has 0 saturated carbocycles. The second kappa shape index (κ2) is 10.1. The number of rotatable bonds is 7. The van der Waals surface area contributed by atoms with Gasteiger partial charge in [0.25, 0.3) is 11.8 Å². The number of hydrogen-bond donors (Lipinski definition) is 3. The first kappa shape index (κ1) is 24.4. The Morgan fingerprint density at radius 2 is 1.45 bits per heavy atom. The number of sulfonamides is 1. The molecule has 0 radical (unpaired) electrons. The zero-order valence-corrected chi connectivity index (χ0v) is 19.3. The van der Waals surface area contributed by atoms with Crippen LogP contribution in [0.5, 0.6) is 0 Å². The summed E-state index contributed by atoms with van der Waals surface area (Å²) in [7, 11) is -3.93. The van der Waals surface area contributed by atoms with Crippen LogP contribution >= 0.6 is 11.6 Å². The number of nitrogens with one attached hydrogen (secondary N) is 3. The van der Waals surface area contributed by atoms with E-state index in [2.05, 4.69) is 15.4 Å². The molecule has 0 bridgehead atoms. The van der Waals surface area contributed by atoms with Crippen LogP contribution in [0.4, 0.5) is 15.8 Å². The molecule has 0 atom stereocenters. The average molecular weight is 490 g/mol. The summed E-state index contributed by atoms with van der Waals surface area (Å²) in [5.41, 5.74) is 0.372. The van der Waals surface area contributed by atoms with E-state index in [4.69, 9.17) is 11.6 Å². The SMILES string of the molecule is CC(C)NS(=O)(=O)c1ccc(F)c(C(=O)Nc2ccccc2NC(=O)c2ccc(Cl)cc2)c1. The molecule has 2 amide bonds. The van der Waals surface area contributed by atoms with Gasteiger partial charge in [-0.05, 0) is 68.4 Å². The van der Waals surface area contributed by atoms with E-state index >= 15 is 0 Å². The number of benzene rings is 3. The van der Waals surface area contributed by atoms with Crippen LogP contribution in [0, 0.1) is 5.82 Å². The summed E-state index contributed by atoms with van der Waals surface area (Å²) in [6, 6.07) is 15.2. The molecular weight excluding hydrogens is 469 g/mol. The van der Waals surface area contributed by atoms with Crippen molar-refractivity contribution in [3.8, 4) is 0 Å². The molecule has 3 rings (SSSR count). The summed E-state index contributed by atoms with van der Waals surface area (Å²) in [4.78, 5) is 25.1. The first-order valence-corrected chi connectivity index (χ1v) is 11.7. The minimum atomic E-state index is -3.93. The summed E-state index contributed by atoms with van der Waals surface area (Å²) in [5.74, 6) is -2.20. The molecule has 10 heteroatoms. The quantitative estimate of drug-likeness (QED) is 0.448. The lowest BCUT2D eigenvalue weighted by atomic mass is 10.1. The Labute approximate surface area is 196 Å². The molecule has 0 aliphatic heterocycles. The second-order valence-corrected chi connectivity index (χ2v) is 9.53. The Morgan fingerprint density at radius 3 is 2.03 bits per heavy atom. The topological polar surface area (TPSA) is 104 Å². The third-order valence-electron chi connectivity index (χ3n) is 4.41. The zero-order valence-electron chi connectivity index (χ0n) is 17.7. The molecule has 3 aromatic rings. The van der Waals surface area contributed by atoms with Crippen LogP contribution < -0.4 is 15.4 Å². The first-order chi connectivity index (χ1) is 15.6. The molecule has 0 aliphatic carbocycles. The molecule has 0 spiro atoms. The lowest BCUT2D eigenvalue weighted by molar-refractivity contribution is 0.101. The maximum Gasteiger partial charge on any atom is 0.258 e. The van der Waals surface area contributed by atoms with Gasteiger partial charge in [0, 0.05) is 16.6 Å². The monoisotopic (exact) mass is 489 g/mol. The van der Waals surface area contributed by atoms with Crippen molar-refractivity contribution in [2.24, 2.45) is 0 Å². The van der Waals surface area contributed by atoms with Crippen molar-refractivity contribution < 1.29 is 22.4 Å². The van der Waals surface area contributed by atoms with Crippen LogP contribution in [0.3, 0.4) is 0 Å². The molecule has 0 aliphatic rings. The molecule has 172 valence electrons. The van der Waals surface area contributed by atoms with Crippen molar-refractivity contribution in [2.45, 2.75) is 24.8 Å². The highest BCUT2D eigenvalue weighted by Crippen LogP contribution is 2.24. The number of halogens is 2. The van der Waals surface area contributed by atoms with Crippen LogP contribution in [0.25, 0.3) is 0 Å². The molecule has 3 N–H and O–H groups in total. The number of anilines is 2. The van der Waals surface area contributed by atoms with E-state index in [1.165, 1.54) is 6.07 Å². The fourth-order valence-corrected chi connectivity index (χ4v) is 4.31. The van der Waals surface area contributed by atoms with Gasteiger partial charge in [-0.25, -0.2) is 17.5 Å². The number of para-hydroxylation sites is 2. The molecule has 3 aromatic carbocycles. The van der Waals surface area contributed by atoms with Crippen molar-refractivity contribution in [1.29, 1.82) is 0 Å². The maximum absolute atomic E-state index is 14.4. The Morgan fingerprint density at radius 1 is 0.879 bits per heavy atom. The predicted octanol–water partition coefficient (Wildman–Crippen LogP) is 4.67. The molecule has 33 heavy (non-hydrogen) atoms. The molecule has 7 nitrogen and oxygen atoms in total. The number of carbonyl (C=O) groups is 2. The normalized spacial score (nSPS) is 11.3. The van der Waals surface area contributed by atoms with Gasteiger partial charge in [0.2, 0.25) is 10.0 Å². The Hall–Kier alpha value is -3.27. The predicted molar refractivity (Wildman–Crippen MR) is 126 cm³/mol. The van der Waals surface area contributed by atoms with Gasteiger partial charge in [0.05, 0.1) is 21.8 Å². The van der Waals surface area contributed by atoms with Gasteiger partial charge in [-0.2, -0.15) is 0 Å². The summed E-state index contributed by atoms with van der Waals surface area (Å²) >= 11 is 5.84. The molecule has 0 saturated heterocycles. The van der Waals surface area contributed by atoms with E-state index < -0.39 is 33.2 Å². The second-order valence-electron chi connectivity index (χ2n) is 7.38. The fourth-order valence-electron chi connectivity index (χ4n) is 2.91. The highest BCUT2D eigenvalue weighted by Gasteiger charge is 2.21. The van der Waals surface area contributed by atoms with E-state index in [0.29, 0.717) is 10.6 Å². The van der Waals surface area contributed by atoms with Crippen molar-refractivity contribution in [3.63, 3.8) is 0 Å².